The summed E-state index contributed by atoms with van der Waals surface area (Å²) in [6.07, 6.45) is 3.15. The average Bonchev–Trinajstić information content (AvgIpc) is 2.78. The molecule has 2 saturated carbocycles. The molecule has 0 unspecified atom stereocenters. The summed E-state index contributed by atoms with van der Waals surface area (Å²) in [5, 5.41) is 0. The van der Waals surface area contributed by atoms with Crippen LogP contribution in [0.1, 0.15) is 33.1 Å². The maximum absolute atomic E-state index is 12.2. The Hall–Kier alpha value is -0.410. The number of hydrogen-bond acceptors (Lipinski definition) is 3. The van der Waals surface area contributed by atoms with Crippen LogP contribution in [0.4, 0.5) is 0 Å². The van der Waals surface area contributed by atoms with Gasteiger partial charge in [-0.3, -0.25) is 4.79 Å². The van der Waals surface area contributed by atoms with Gasteiger partial charge in [0.25, 0.3) is 0 Å². The molecule has 0 aromatic heterocycles. The molecule has 90 valence electrons. The molecule has 3 aliphatic rings. The minimum Gasteiger partial charge on any atom is -0.349 e. The van der Waals surface area contributed by atoms with Crippen LogP contribution >= 0.6 is 0 Å². The summed E-state index contributed by atoms with van der Waals surface area (Å²) in [7, 11) is 0. The fourth-order valence-corrected chi connectivity index (χ4v) is 4.22. The fourth-order valence-electron chi connectivity index (χ4n) is 4.22. The van der Waals surface area contributed by atoms with Crippen molar-refractivity contribution < 1.29 is 14.3 Å². The minimum absolute atomic E-state index is 0.0500. The maximum atomic E-state index is 12.2. The Morgan fingerprint density at radius 1 is 1.50 bits per heavy atom. The lowest BCUT2D eigenvalue weighted by Crippen LogP contribution is -2.40. The van der Waals surface area contributed by atoms with E-state index >= 15 is 0 Å². The number of fused-ring (bicyclic) bond motifs is 1. The van der Waals surface area contributed by atoms with Gasteiger partial charge in [0, 0.05) is 24.9 Å². The second-order valence-electron chi connectivity index (χ2n) is 5.36. The Bertz CT molecular complexity index is 314. The van der Waals surface area contributed by atoms with E-state index < -0.39 is 5.79 Å². The van der Waals surface area contributed by atoms with E-state index in [1.54, 1.807) is 0 Å². The number of ether oxygens (including phenoxy) is 2. The van der Waals surface area contributed by atoms with Crippen molar-refractivity contribution in [3.63, 3.8) is 0 Å². The zero-order valence-electron chi connectivity index (χ0n) is 10.1. The third kappa shape index (κ3) is 1.13. The van der Waals surface area contributed by atoms with Crippen molar-refractivity contribution in [2.45, 2.75) is 38.9 Å². The quantitative estimate of drug-likeness (QED) is 0.732. The van der Waals surface area contributed by atoms with Gasteiger partial charge in [0.2, 0.25) is 0 Å². The second-order valence-corrected chi connectivity index (χ2v) is 5.36. The average molecular weight is 224 g/mol. The Kier molecular flexibility index (Phi) is 2.37. The van der Waals surface area contributed by atoms with Gasteiger partial charge < -0.3 is 9.47 Å². The van der Waals surface area contributed by atoms with Crippen LogP contribution in [-0.4, -0.2) is 24.8 Å². The molecular weight excluding hydrogens is 204 g/mol. The highest BCUT2D eigenvalue weighted by molar-refractivity contribution is 5.90. The molecule has 0 N–H and O–H groups in total. The molecule has 3 nitrogen and oxygen atoms in total. The number of ketones is 1. The predicted octanol–water partition coefficient (Wildman–Crippen LogP) is 2.00. The first-order valence-corrected chi connectivity index (χ1v) is 6.55. The lowest BCUT2D eigenvalue weighted by molar-refractivity contribution is -0.222. The molecule has 16 heavy (non-hydrogen) atoms. The Labute approximate surface area is 96.5 Å². The van der Waals surface area contributed by atoms with E-state index in [9.17, 15) is 4.79 Å². The molecule has 5 atom stereocenters. The number of carbonyl (C=O) groups is 1. The molecule has 1 aliphatic heterocycles. The van der Waals surface area contributed by atoms with Gasteiger partial charge in [0.15, 0.2) is 5.79 Å². The molecule has 0 aromatic rings. The topological polar surface area (TPSA) is 35.5 Å². The highest BCUT2D eigenvalue weighted by atomic mass is 16.7. The number of carbonyl (C=O) groups excluding carboxylic acids is 1. The fraction of sp³-hybridized carbons (Fsp3) is 0.923. The molecule has 2 aliphatic carbocycles. The van der Waals surface area contributed by atoms with E-state index in [0.29, 0.717) is 24.2 Å². The summed E-state index contributed by atoms with van der Waals surface area (Å²) in [5.74, 6) is 1.19. The third-order valence-corrected chi connectivity index (χ3v) is 4.68. The first-order chi connectivity index (χ1) is 7.73. The van der Waals surface area contributed by atoms with Crippen LogP contribution in [0.25, 0.3) is 0 Å². The molecule has 1 heterocycles. The molecular formula is C13H20O3. The summed E-state index contributed by atoms with van der Waals surface area (Å²) in [6, 6.07) is 0. The number of hydrogen-bond donors (Lipinski definition) is 0. The van der Waals surface area contributed by atoms with Gasteiger partial charge in [-0.05, 0) is 19.3 Å². The highest BCUT2D eigenvalue weighted by Gasteiger charge is 2.70. The number of Topliss-reactive ketones (excluding diaryl/α,β-unsaturated/α-hetero) is 1. The summed E-state index contributed by atoms with van der Waals surface area (Å²) in [4.78, 5) is 12.2. The van der Waals surface area contributed by atoms with Crippen LogP contribution in [0.15, 0.2) is 0 Å². The van der Waals surface area contributed by atoms with Gasteiger partial charge in [0.1, 0.15) is 5.78 Å². The Morgan fingerprint density at radius 2 is 2.31 bits per heavy atom. The van der Waals surface area contributed by atoms with Crippen LogP contribution in [0, 0.1) is 23.7 Å². The lowest BCUT2D eigenvalue weighted by atomic mass is 9.76. The predicted molar refractivity (Wildman–Crippen MR) is 58.8 cm³/mol. The first kappa shape index (κ1) is 10.7. The Balaban J connectivity index is 1.88. The van der Waals surface area contributed by atoms with Crippen molar-refractivity contribution in [1.82, 2.24) is 0 Å². The zero-order valence-corrected chi connectivity index (χ0v) is 10.1. The molecule has 0 aromatic carbocycles. The molecule has 0 radical (unpaired) electrons. The van der Waals surface area contributed by atoms with Crippen LogP contribution in [0.3, 0.4) is 0 Å². The third-order valence-electron chi connectivity index (χ3n) is 4.68. The van der Waals surface area contributed by atoms with E-state index in [2.05, 4.69) is 6.92 Å². The molecule has 0 amide bonds. The van der Waals surface area contributed by atoms with Crippen molar-refractivity contribution >= 4 is 5.78 Å². The molecule has 3 heteroatoms. The van der Waals surface area contributed by atoms with Crippen molar-refractivity contribution in [2.75, 3.05) is 13.2 Å². The summed E-state index contributed by atoms with van der Waals surface area (Å²) in [5.41, 5.74) is 0. The zero-order chi connectivity index (χ0) is 11.3. The maximum Gasteiger partial charge on any atom is 0.178 e. The van der Waals surface area contributed by atoms with Gasteiger partial charge in [0.05, 0.1) is 12.5 Å². The van der Waals surface area contributed by atoms with Gasteiger partial charge in [-0.1, -0.05) is 13.3 Å². The summed E-state index contributed by atoms with van der Waals surface area (Å²) in [6.45, 7) is 5.55. The SMILES string of the molecule is CCC[C@@H]1[C@@H]2CO[C@]3(OCC)C[C@H]1C(=O)[C@H]23. The van der Waals surface area contributed by atoms with Gasteiger partial charge in [-0.25, -0.2) is 0 Å². The molecule has 1 saturated heterocycles. The molecule has 0 spiro atoms. The van der Waals surface area contributed by atoms with E-state index in [4.69, 9.17) is 9.47 Å². The smallest absolute Gasteiger partial charge is 0.178 e. The van der Waals surface area contributed by atoms with Crippen molar-refractivity contribution in [1.29, 1.82) is 0 Å². The van der Waals surface area contributed by atoms with Gasteiger partial charge in [-0.15, -0.1) is 0 Å². The van der Waals surface area contributed by atoms with E-state index in [1.807, 2.05) is 6.92 Å². The minimum atomic E-state index is -0.522. The largest absolute Gasteiger partial charge is 0.349 e. The van der Waals surface area contributed by atoms with Crippen LogP contribution in [0.2, 0.25) is 0 Å². The monoisotopic (exact) mass is 224 g/mol. The van der Waals surface area contributed by atoms with Gasteiger partial charge in [-0.2, -0.15) is 0 Å². The molecule has 3 rings (SSSR count). The summed E-state index contributed by atoms with van der Waals surface area (Å²) >= 11 is 0. The van der Waals surface area contributed by atoms with E-state index in [1.165, 1.54) is 12.8 Å². The van der Waals surface area contributed by atoms with Crippen LogP contribution in [0.5, 0.6) is 0 Å². The van der Waals surface area contributed by atoms with Crippen LogP contribution in [-0.2, 0) is 14.3 Å². The Morgan fingerprint density at radius 3 is 3.00 bits per heavy atom. The van der Waals surface area contributed by atoms with Crippen molar-refractivity contribution in [2.24, 2.45) is 23.7 Å². The summed E-state index contributed by atoms with van der Waals surface area (Å²) < 4.78 is 11.6. The lowest BCUT2D eigenvalue weighted by Gasteiger charge is -2.33. The van der Waals surface area contributed by atoms with Gasteiger partial charge >= 0.3 is 0 Å². The standard InChI is InChI=1S/C13H20O3/c1-3-5-8-9-6-13(15-4-2)11(12(9)14)10(8)7-16-13/h8-11H,3-7H2,1-2H3/t8-,9+,10-,11-,13+/m0/s1. The van der Waals surface area contributed by atoms with E-state index in [-0.39, 0.29) is 11.8 Å². The highest BCUT2D eigenvalue weighted by Crippen LogP contribution is 2.61. The molecule has 2 bridgehead atoms. The van der Waals surface area contributed by atoms with Crippen LogP contribution < -0.4 is 0 Å². The first-order valence-electron chi connectivity index (χ1n) is 6.55. The second kappa shape index (κ2) is 3.54. The normalized spacial score (nSPS) is 49.2. The van der Waals surface area contributed by atoms with E-state index in [0.717, 1.165) is 13.0 Å². The van der Waals surface area contributed by atoms with Crippen molar-refractivity contribution in [3.8, 4) is 0 Å². The molecule has 3 fully saturated rings. The number of rotatable bonds is 4. The van der Waals surface area contributed by atoms with Crippen molar-refractivity contribution in [3.05, 3.63) is 0 Å².